The molecule has 162 valence electrons. The van der Waals surface area contributed by atoms with Gasteiger partial charge in [-0.15, -0.1) is 0 Å². The fraction of sp³-hybridized carbons (Fsp3) is 0.409. The highest BCUT2D eigenvalue weighted by atomic mass is 19.4. The van der Waals surface area contributed by atoms with Crippen molar-refractivity contribution in [3.63, 3.8) is 0 Å². The predicted octanol–water partition coefficient (Wildman–Crippen LogP) is 3.33. The molecular weight excluding hydrogens is 395 g/mol. The maximum Gasteiger partial charge on any atom is 0.416 e. The van der Waals surface area contributed by atoms with Gasteiger partial charge in [-0.1, -0.05) is 30.3 Å². The van der Waals surface area contributed by atoms with Crippen LogP contribution in [0.15, 0.2) is 54.6 Å². The van der Waals surface area contributed by atoms with Crippen molar-refractivity contribution in [3.05, 3.63) is 65.7 Å². The number of benzene rings is 2. The van der Waals surface area contributed by atoms with Crippen molar-refractivity contribution < 1.29 is 22.7 Å². The molecule has 0 radical (unpaired) electrons. The van der Waals surface area contributed by atoms with Crippen molar-refractivity contribution in [2.45, 2.75) is 12.2 Å². The van der Waals surface area contributed by atoms with Crippen LogP contribution in [0, 0.1) is 0 Å². The van der Waals surface area contributed by atoms with E-state index in [1.165, 1.54) is 12.1 Å². The molecule has 5 nitrogen and oxygen atoms in total. The zero-order chi connectivity index (χ0) is 21.6. The minimum absolute atomic E-state index is 0.147. The molecule has 1 aliphatic heterocycles. The molecule has 1 atom stereocenters. The van der Waals surface area contributed by atoms with Crippen molar-refractivity contribution in [2.24, 2.45) is 0 Å². The molecule has 1 amide bonds. The summed E-state index contributed by atoms with van der Waals surface area (Å²) in [6, 6.07) is 14.5. The number of rotatable bonds is 7. The standard InChI is InChI=1S/C22H26F3N3O2/c1-27(19-5-3-2-4-6-19)16-21(29)26-15-20(28-11-13-30-14-12-28)17-7-9-18(10-8-17)22(23,24)25/h2-10,20H,11-16H2,1H3,(H,26,29). The summed E-state index contributed by atoms with van der Waals surface area (Å²) in [5, 5.41) is 2.94. The number of halogens is 3. The fourth-order valence-electron chi connectivity index (χ4n) is 3.50. The summed E-state index contributed by atoms with van der Waals surface area (Å²) in [6.07, 6.45) is -4.37. The normalized spacial score (nSPS) is 16.1. The van der Waals surface area contributed by atoms with E-state index < -0.39 is 11.7 Å². The van der Waals surface area contributed by atoms with E-state index in [-0.39, 0.29) is 18.5 Å². The number of ether oxygens (including phenoxy) is 1. The van der Waals surface area contributed by atoms with Gasteiger partial charge in [0.2, 0.25) is 5.91 Å². The zero-order valence-electron chi connectivity index (χ0n) is 16.9. The summed E-state index contributed by atoms with van der Waals surface area (Å²) < 4.78 is 44.1. The molecule has 3 rings (SSSR count). The average molecular weight is 421 g/mol. The number of morpholine rings is 1. The molecule has 8 heteroatoms. The Morgan fingerprint density at radius 1 is 1.10 bits per heavy atom. The number of likely N-dealkylation sites (N-methyl/N-ethyl adjacent to an activating group) is 1. The zero-order valence-corrected chi connectivity index (χ0v) is 16.9. The predicted molar refractivity (Wildman–Crippen MR) is 109 cm³/mol. The summed E-state index contributed by atoms with van der Waals surface area (Å²) in [5.41, 5.74) is 0.988. The first kappa shape index (κ1) is 22.1. The topological polar surface area (TPSA) is 44.8 Å². The summed E-state index contributed by atoms with van der Waals surface area (Å²) in [7, 11) is 1.84. The number of nitrogens with zero attached hydrogens (tertiary/aromatic N) is 2. The van der Waals surface area contributed by atoms with E-state index >= 15 is 0 Å². The molecule has 1 unspecified atom stereocenters. The van der Waals surface area contributed by atoms with E-state index in [0.717, 1.165) is 23.4 Å². The number of hydrogen-bond donors (Lipinski definition) is 1. The van der Waals surface area contributed by atoms with Gasteiger partial charge in [0.1, 0.15) is 0 Å². The Balaban J connectivity index is 1.66. The molecular formula is C22H26F3N3O2. The smallest absolute Gasteiger partial charge is 0.379 e. The third kappa shape index (κ3) is 5.96. The average Bonchev–Trinajstić information content (AvgIpc) is 2.75. The SMILES string of the molecule is CN(CC(=O)NCC(c1ccc(C(F)(F)F)cc1)N1CCOCC1)c1ccccc1. The van der Waals surface area contributed by atoms with E-state index in [1.807, 2.05) is 42.3 Å². The fourth-order valence-corrected chi connectivity index (χ4v) is 3.50. The lowest BCUT2D eigenvalue weighted by Gasteiger charge is -2.35. The van der Waals surface area contributed by atoms with Gasteiger partial charge in [-0.05, 0) is 29.8 Å². The van der Waals surface area contributed by atoms with Gasteiger partial charge in [-0.2, -0.15) is 13.2 Å². The highest BCUT2D eigenvalue weighted by Gasteiger charge is 2.31. The maximum absolute atomic E-state index is 12.9. The quantitative estimate of drug-likeness (QED) is 0.745. The molecule has 2 aromatic carbocycles. The molecule has 1 heterocycles. The molecule has 0 saturated carbocycles. The van der Waals surface area contributed by atoms with Crippen LogP contribution in [0.1, 0.15) is 17.2 Å². The molecule has 0 aromatic heterocycles. The second kappa shape index (κ2) is 9.95. The van der Waals surface area contributed by atoms with Gasteiger partial charge < -0.3 is 15.0 Å². The Morgan fingerprint density at radius 2 is 1.73 bits per heavy atom. The van der Waals surface area contributed by atoms with Gasteiger partial charge in [-0.25, -0.2) is 0 Å². The van der Waals surface area contributed by atoms with Crippen molar-refractivity contribution in [3.8, 4) is 0 Å². The Kier molecular flexibility index (Phi) is 7.33. The number of anilines is 1. The largest absolute Gasteiger partial charge is 0.416 e. The summed E-state index contributed by atoms with van der Waals surface area (Å²) in [4.78, 5) is 16.5. The van der Waals surface area contributed by atoms with Gasteiger partial charge in [0.15, 0.2) is 0 Å². The van der Waals surface area contributed by atoms with Gasteiger partial charge in [0.05, 0.1) is 31.4 Å². The van der Waals surface area contributed by atoms with E-state index in [4.69, 9.17) is 4.74 Å². The number of hydrogen-bond acceptors (Lipinski definition) is 4. The first-order valence-electron chi connectivity index (χ1n) is 9.86. The molecule has 1 fully saturated rings. The van der Waals surface area contributed by atoms with E-state index in [2.05, 4.69) is 10.2 Å². The van der Waals surface area contributed by atoms with E-state index in [1.54, 1.807) is 0 Å². The highest BCUT2D eigenvalue weighted by Crippen LogP contribution is 2.31. The van der Waals surface area contributed by atoms with Crippen LogP contribution in [-0.4, -0.2) is 57.2 Å². The second-order valence-electron chi connectivity index (χ2n) is 7.28. The Hall–Kier alpha value is -2.58. The third-order valence-electron chi connectivity index (χ3n) is 5.18. The lowest BCUT2D eigenvalue weighted by molar-refractivity contribution is -0.137. The Bertz CT molecular complexity index is 807. The van der Waals surface area contributed by atoms with Crippen molar-refractivity contribution >= 4 is 11.6 Å². The molecule has 0 spiro atoms. The van der Waals surface area contributed by atoms with Crippen molar-refractivity contribution in [1.82, 2.24) is 10.2 Å². The third-order valence-corrected chi connectivity index (χ3v) is 5.18. The summed E-state index contributed by atoms with van der Waals surface area (Å²) in [5.74, 6) is -0.147. The van der Waals surface area contributed by atoms with E-state index in [0.29, 0.717) is 32.8 Å². The number of para-hydroxylation sites is 1. The first-order chi connectivity index (χ1) is 14.3. The lowest BCUT2D eigenvalue weighted by atomic mass is 10.0. The molecule has 0 bridgehead atoms. The minimum Gasteiger partial charge on any atom is -0.379 e. The van der Waals surface area contributed by atoms with Crippen molar-refractivity contribution in [1.29, 1.82) is 0 Å². The second-order valence-corrected chi connectivity index (χ2v) is 7.28. The van der Waals surface area contributed by atoms with Crippen LogP contribution in [0.5, 0.6) is 0 Å². The van der Waals surface area contributed by atoms with Crippen LogP contribution in [-0.2, 0) is 15.7 Å². The molecule has 0 aliphatic carbocycles. The lowest BCUT2D eigenvalue weighted by Crippen LogP contribution is -2.45. The first-order valence-corrected chi connectivity index (χ1v) is 9.86. The molecule has 2 aromatic rings. The number of alkyl halides is 3. The maximum atomic E-state index is 12.9. The molecule has 1 saturated heterocycles. The van der Waals surface area contributed by atoms with Crippen LogP contribution in [0.4, 0.5) is 18.9 Å². The van der Waals surface area contributed by atoms with Crippen LogP contribution >= 0.6 is 0 Å². The number of amides is 1. The minimum atomic E-state index is -4.37. The summed E-state index contributed by atoms with van der Waals surface area (Å²) in [6.45, 7) is 2.93. The number of carbonyl (C=O) groups excluding carboxylic acids is 1. The Labute approximate surface area is 174 Å². The molecule has 30 heavy (non-hydrogen) atoms. The van der Waals surface area contributed by atoms with Gasteiger partial charge >= 0.3 is 6.18 Å². The van der Waals surface area contributed by atoms with Gasteiger partial charge in [-0.3, -0.25) is 9.69 Å². The van der Waals surface area contributed by atoms with Crippen LogP contribution in [0.25, 0.3) is 0 Å². The van der Waals surface area contributed by atoms with E-state index in [9.17, 15) is 18.0 Å². The molecule has 1 N–H and O–H groups in total. The van der Waals surface area contributed by atoms with Crippen LogP contribution in [0.3, 0.4) is 0 Å². The van der Waals surface area contributed by atoms with Crippen LogP contribution < -0.4 is 10.2 Å². The number of carbonyl (C=O) groups is 1. The van der Waals surface area contributed by atoms with Crippen molar-refractivity contribution in [2.75, 3.05) is 51.3 Å². The Morgan fingerprint density at radius 3 is 2.33 bits per heavy atom. The van der Waals surface area contributed by atoms with Crippen LogP contribution in [0.2, 0.25) is 0 Å². The highest BCUT2D eigenvalue weighted by molar-refractivity contribution is 5.81. The summed E-state index contributed by atoms with van der Waals surface area (Å²) >= 11 is 0. The van der Waals surface area contributed by atoms with Gasteiger partial charge in [0.25, 0.3) is 0 Å². The number of nitrogens with one attached hydrogen (secondary N) is 1. The van der Waals surface area contributed by atoms with Gasteiger partial charge in [0, 0.05) is 32.4 Å². The molecule has 1 aliphatic rings. The monoisotopic (exact) mass is 421 g/mol.